The van der Waals surface area contributed by atoms with Gasteiger partial charge in [-0.3, -0.25) is 4.79 Å². The Hall–Kier alpha value is -1.46. The summed E-state index contributed by atoms with van der Waals surface area (Å²) in [6.45, 7) is 7.31. The first-order valence-electron chi connectivity index (χ1n) is 9.88. The van der Waals surface area contributed by atoms with Crippen LogP contribution in [0.4, 0.5) is 4.79 Å². The molecular formula is C21H28Cl2N2O3. The van der Waals surface area contributed by atoms with Crippen molar-refractivity contribution in [3.8, 4) is 0 Å². The Morgan fingerprint density at radius 1 is 1.21 bits per heavy atom. The topological polar surface area (TPSA) is 49.9 Å². The molecule has 1 heterocycles. The van der Waals surface area contributed by atoms with Crippen LogP contribution in [0.15, 0.2) is 18.2 Å². The maximum atomic E-state index is 13.3. The van der Waals surface area contributed by atoms with Gasteiger partial charge in [0, 0.05) is 19.6 Å². The highest BCUT2D eigenvalue weighted by Crippen LogP contribution is 2.32. The van der Waals surface area contributed by atoms with Gasteiger partial charge in [0.15, 0.2) is 0 Å². The first-order valence-corrected chi connectivity index (χ1v) is 10.6. The van der Waals surface area contributed by atoms with Gasteiger partial charge >= 0.3 is 6.09 Å². The van der Waals surface area contributed by atoms with Crippen LogP contribution in [0.25, 0.3) is 0 Å². The summed E-state index contributed by atoms with van der Waals surface area (Å²) >= 11 is 12.4. The summed E-state index contributed by atoms with van der Waals surface area (Å²) in [5, 5.41) is 0.660. The van der Waals surface area contributed by atoms with Gasteiger partial charge in [0.1, 0.15) is 5.60 Å². The number of benzene rings is 1. The predicted octanol–water partition coefficient (Wildman–Crippen LogP) is 5.25. The van der Waals surface area contributed by atoms with Crippen LogP contribution < -0.4 is 0 Å². The molecule has 3 rings (SSSR count). The van der Waals surface area contributed by atoms with E-state index in [1.54, 1.807) is 23.1 Å². The van der Waals surface area contributed by atoms with E-state index >= 15 is 0 Å². The van der Waals surface area contributed by atoms with Crippen molar-refractivity contribution in [1.29, 1.82) is 0 Å². The number of likely N-dealkylation sites (tertiary alicyclic amines) is 1. The lowest BCUT2D eigenvalue weighted by molar-refractivity contribution is 0.0269. The molecule has 1 atom stereocenters. The van der Waals surface area contributed by atoms with Crippen molar-refractivity contribution in [3.63, 3.8) is 0 Å². The summed E-state index contributed by atoms with van der Waals surface area (Å²) in [5.41, 5.74) is -0.116. The Labute approximate surface area is 176 Å². The monoisotopic (exact) mass is 426 g/mol. The van der Waals surface area contributed by atoms with Crippen LogP contribution >= 0.6 is 23.2 Å². The van der Waals surface area contributed by atoms with Crippen LogP contribution in [0.5, 0.6) is 0 Å². The molecule has 1 saturated carbocycles. The molecule has 154 valence electrons. The minimum atomic E-state index is -0.537. The van der Waals surface area contributed by atoms with Crippen LogP contribution in [0, 0.1) is 5.92 Å². The molecule has 0 bridgehead atoms. The zero-order valence-electron chi connectivity index (χ0n) is 16.7. The Kier molecular flexibility index (Phi) is 6.45. The Bertz CT molecular complexity index is 744. The number of hydrogen-bond acceptors (Lipinski definition) is 3. The highest BCUT2D eigenvalue weighted by atomic mass is 35.5. The fraction of sp³-hybridized carbons (Fsp3) is 0.619. The van der Waals surface area contributed by atoms with Gasteiger partial charge in [-0.05, 0) is 58.1 Å². The third-order valence-corrected chi connectivity index (χ3v) is 6.20. The number of rotatable bonds is 4. The number of halogens is 2. The van der Waals surface area contributed by atoms with Gasteiger partial charge in [-0.2, -0.15) is 0 Å². The van der Waals surface area contributed by atoms with E-state index in [-0.39, 0.29) is 23.1 Å². The second-order valence-electron chi connectivity index (χ2n) is 8.72. The van der Waals surface area contributed by atoms with Gasteiger partial charge in [-0.25, -0.2) is 4.79 Å². The Morgan fingerprint density at radius 3 is 2.54 bits per heavy atom. The van der Waals surface area contributed by atoms with Crippen molar-refractivity contribution in [2.45, 2.75) is 58.1 Å². The zero-order valence-corrected chi connectivity index (χ0v) is 18.2. The van der Waals surface area contributed by atoms with Crippen molar-refractivity contribution >= 4 is 35.2 Å². The lowest BCUT2D eigenvalue weighted by atomic mass is 9.84. The van der Waals surface area contributed by atoms with Crippen molar-refractivity contribution in [1.82, 2.24) is 9.80 Å². The van der Waals surface area contributed by atoms with E-state index in [0.717, 1.165) is 19.3 Å². The predicted molar refractivity (Wildman–Crippen MR) is 111 cm³/mol. The van der Waals surface area contributed by atoms with E-state index in [1.807, 2.05) is 25.7 Å². The number of amides is 2. The highest BCUT2D eigenvalue weighted by Gasteiger charge is 2.37. The fourth-order valence-electron chi connectivity index (χ4n) is 3.66. The van der Waals surface area contributed by atoms with Crippen molar-refractivity contribution < 1.29 is 14.3 Å². The molecule has 1 saturated heterocycles. The molecule has 0 spiro atoms. The van der Waals surface area contributed by atoms with Gasteiger partial charge in [0.05, 0.1) is 21.7 Å². The molecule has 1 aromatic rings. The Morgan fingerprint density at radius 2 is 1.93 bits per heavy atom. The van der Waals surface area contributed by atoms with Crippen molar-refractivity contribution in [2.24, 2.45) is 5.92 Å². The van der Waals surface area contributed by atoms with E-state index in [4.69, 9.17) is 27.9 Å². The summed E-state index contributed by atoms with van der Waals surface area (Å²) in [5.74, 6) is 0.396. The third-order valence-electron chi connectivity index (χ3n) is 5.38. The number of carbonyl (C=O) groups is 2. The molecule has 1 aliphatic heterocycles. The fourth-order valence-corrected chi connectivity index (χ4v) is 4.04. The number of ether oxygens (including phenoxy) is 1. The third kappa shape index (κ3) is 4.93. The summed E-state index contributed by atoms with van der Waals surface area (Å²) in [7, 11) is 0. The molecule has 2 aliphatic rings. The summed E-state index contributed by atoms with van der Waals surface area (Å²) < 4.78 is 5.49. The van der Waals surface area contributed by atoms with Crippen LogP contribution in [-0.2, 0) is 4.74 Å². The average molecular weight is 427 g/mol. The number of hydrogen-bond donors (Lipinski definition) is 0. The molecule has 1 aliphatic carbocycles. The van der Waals surface area contributed by atoms with Gasteiger partial charge in [-0.1, -0.05) is 35.7 Å². The molecule has 0 radical (unpaired) electrons. The smallest absolute Gasteiger partial charge is 0.410 e. The minimum absolute atomic E-state index is 0.0457. The highest BCUT2D eigenvalue weighted by molar-refractivity contribution is 6.43. The average Bonchev–Trinajstić information content (AvgIpc) is 3.04. The second kappa shape index (κ2) is 8.50. The largest absolute Gasteiger partial charge is 0.444 e. The molecule has 0 N–H and O–H groups in total. The van der Waals surface area contributed by atoms with E-state index in [1.165, 1.54) is 6.42 Å². The molecule has 0 aromatic heterocycles. The summed E-state index contributed by atoms with van der Waals surface area (Å²) in [6, 6.07) is 5.09. The minimum Gasteiger partial charge on any atom is -0.444 e. The van der Waals surface area contributed by atoms with E-state index in [0.29, 0.717) is 36.1 Å². The van der Waals surface area contributed by atoms with E-state index in [2.05, 4.69) is 0 Å². The van der Waals surface area contributed by atoms with Crippen LogP contribution in [0.1, 0.15) is 56.8 Å². The van der Waals surface area contributed by atoms with E-state index in [9.17, 15) is 9.59 Å². The molecule has 7 heteroatoms. The van der Waals surface area contributed by atoms with Gasteiger partial charge in [-0.15, -0.1) is 0 Å². The number of carbonyl (C=O) groups excluding carboxylic acids is 2. The molecule has 2 amide bonds. The summed E-state index contributed by atoms with van der Waals surface area (Å²) in [4.78, 5) is 29.3. The molecule has 2 fully saturated rings. The maximum Gasteiger partial charge on any atom is 0.410 e. The summed E-state index contributed by atoms with van der Waals surface area (Å²) in [6.07, 6.45) is 3.88. The molecule has 5 nitrogen and oxygen atoms in total. The zero-order chi connectivity index (χ0) is 20.5. The van der Waals surface area contributed by atoms with Crippen LogP contribution in [0.2, 0.25) is 10.0 Å². The maximum absolute atomic E-state index is 13.3. The second-order valence-corrected chi connectivity index (χ2v) is 9.51. The van der Waals surface area contributed by atoms with Crippen LogP contribution in [0.3, 0.4) is 0 Å². The molecule has 1 aromatic carbocycles. The normalized spacial score (nSPS) is 20.0. The van der Waals surface area contributed by atoms with Crippen molar-refractivity contribution in [2.75, 3.05) is 19.6 Å². The molecule has 28 heavy (non-hydrogen) atoms. The molecular weight excluding hydrogens is 399 g/mol. The SMILES string of the molecule is CC(C)(C)OC(=O)N1CCC(N(CC2CCC2)C(=O)c2cccc(Cl)c2Cl)C1. The van der Waals surface area contributed by atoms with Gasteiger partial charge < -0.3 is 14.5 Å². The Balaban J connectivity index is 1.76. The van der Waals surface area contributed by atoms with Gasteiger partial charge in [0.25, 0.3) is 5.91 Å². The standard InChI is InChI=1S/C21H28Cl2N2O3/c1-21(2,3)28-20(27)24-11-10-15(13-24)25(12-14-6-4-7-14)19(26)16-8-5-9-17(22)18(16)23/h5,8-9,14-15H,4,6-7,10-13H2,1-3H3. The van der Waals surface area contributed by atoms with E-state index < -0.39 is 5.60 Å². The van der Waals surface area contributed by atoms with Gasteiger partial charge in [0.2, 0.25) is 0 Å². The first-order chi connectivity index (χ1) is 13.2. The first kappa shape index (κ1) is 21.3. The quantitative estimate of drug-likeness (QED) is 0.660. The lowest BCUT2D eigenvalue weighted by Crippen LogP contribution is -2.46. The van der Waals surface area contributed by atoms with Crippen molar-refractivity contribution in [3.05, 3.63) is 33.8 Å². The molecule has 1 unspecified atom stereocenters. The number of nitrogens with zero attached hydrogens (tertiary/aromatic N) is 2. The van der Waals surface area contributed by atoms with Crippen LogP contribution in [-0.4, -0.2) is 53.1 Å². The lowest BCUT2D eigenvalue weighted by Gasteiger charge is -2.36.